The van der Waals surface area contributed by atoms with Crippen molar-refractivity contribution in [2.24, 2.45) is 0 Å². The van der Waals surface area contributed by atoms with Crippen LogP contribution in [0, 0.1) is 6.92 Å². The van der Waals surface area contributed by atoms with Crippen LogP contribution in [0.4, 0.5) is 11.8 Å². The summed E-state index contributed by atoms with van der Waals surface area (Å²) in [4.78, 5) is 43.8. The Kier molecular flexibility index (Phi) is 5.70. The monoisotopic (exact) mass is 399 g/mol. The predicted molar refractivity (Wildman–Crippen MR) is 107 cm³/mol. The minimum Gasteiger partial charge on any atom is -0.378 e. The molecule has 29 heavy (non-hydrogen) atoms. The van der Waals surface area contributed by atoms with Gasteiger partial charge in [0.25, 0.3) is 5.56 Å². The first kappa shape index (κ1) is 19.3. The lowest BCUT2D eigenvalue weighted by atomic mass is 10.3. The Balaban J connectivity index is 1.35. The Bertz CT molecular complexity index is 918. The molecule has 0 aliphatic carbocycles. The fourth-order valence-electron chi connectivity index (χ4n) is 3.50. The largest absolute Gasteiger partial charge is 0.378 e. The van der Waals surface area contributed by atoms with Crippen molar-refractivity contribution in [3.63, 3.8) is 0 Å². The van der Waals surface area contributed by atoms with Gasteiger partial charge in [0, 0.05) is 57.2 Å². The van der Waals surface area contributed by atoms with Crippen LogP contribution in [0.3, 0.4) is 0 Å². The molecule has 1 amide bonds. The highest BCUT2D eigenvalue weighted by molar-refractivity contribution is 5.76. The van der Waals surface area contributed by atoms with Crippen molar-refractivity contribution in [2.45, 2.75) is 13.5 Å². The van der Waals surface area contributed by atoms with Gasteiger partial charge in [0.1, 0.15) is 12.4 Å². The maximum Gasteiger partial charge on any atom is 0.253 e. The van der Waals surface area contributed by atoms with Crippen LogP contribution in [-0.2, 0) is 16.1 Å². The van der Waals surface area contributed by atoms with Crippen molar-refractivity contribution < 1.29 is 9.53 Å². The lowest BCUT2D eigenvalue weighted by Crippen LogP contribution is -2.50. The van der Waals surface area contributed by atoms with Crippen LogP contribution in [0.15, 0.2) is 29.5 Å². The van der Waals surface area contributed by atoms with Crippen LogP contribution < -0.4 is 15.4 Å². The molecule has 0 bridgehead atoms. The van der Waals surface area contributed by atoms with Crippen molar-refractivity contribution in [3.8, 4) is 0 Å². The molecule has 2 fully saturated rings. The molecule has 0 atom stereocenters. The topological polar surface area (TPSA) is 96.7 Å². The van der Waals surface area contributed by atoms with Gasteiger partial charge in [0.05, 0.1) is 19.5 Å². The molecule has 2 aromatic rings. The Hall–Kier alpha value is -3.01. The van der Waals surface area contributed by atoms with Crippen LogP contribution in [0.1, 0.15) is 5.69 Å². The number of ether oxygens (including phenoxy) is 1. The van der Waals surface area contributed by atoms with Gasteiger partial charge in [-0.2, -0.15) is 4.98 Å². The van der Waals surface area contributed by atoms with Crippen molar-refractivity contribution in [1.29, 1.82) is 0 Å². The van der Waals surface area contributed by atoms with E-state index in [1.165, 1.54) is 17.0 Å². The second-order valence-corrected chi connectivity index (χ2v) is 7.18. The van der Waals surface area contributed by atoms with Crippen molar-refractivity contribution in [2.75, 3.05) is 62.3 Å². The van der Waals surface area contributed by atoms with Gasteiger partial charge >= 0.3 is 0 Å². The molecule has 0 spiro atoms. The Morgan fingerprint density at radius 3 is 2.55 bits per heavy atom. The fraction of sp³-hybridized carbons (Fsp3) is 0.526. The summed E-state index contributed by atoms with van der Waals surface area (Å²) in [6.07, 6.45) is 3.21. The first-order chi connectivity index (χ1) is 14.1. The molecule has 10 heteroatoms. The van der Waals surface area contributed by atoms with Gasteiger partial charge in [-0.25, -0.2) is 9.97 Å². The molecule has 2 aromatic heterocycles. The number of rotatable bonds is 4. The molecule has 0 radical (unpaired) electrons. The number of anilines is 2. The molecule has 154 valence electrons. The minimum absolute atomic E-state index is 0.0147. The summed E-state index contributed by atoms with van der Waals surface area (Å²) in [7, 11) is 0. The summed E-state index contributed by atoms with van der Waals surface area (Å²) < 4.78 is 6.74. The average Bonchev–Trinajstić information content (AvgIpc) is 2.76. The van der Waals surface area contributed by atoms with Gasteiger partial charge in [0.2, 0.25) is 11.9 Å². The SMILES string of the molecule is Cc1cc(=O)n(CC(=O)N2CCN(c3ccnc(N4CCOCC4)n3)CC2)cn1. The standard InChI is InChI=1S/C19H25N7O3/c1-15-12-17(27)26(14-21-15)13-18(28)24-6-4-23(5-7-24)16-2-3-20-19(22-16)25-8-10-29-11-9-25/h2-3,12,14H,4-11,13H2,1H3. The number of amides is 1. The van der Waals surface area contributed by atoms with Gasteiger partial charge in [-0.1, -0.05) is 0 Å². The number of carbonyl (C=O) groups is 1. The summed E-state index contributed by atoms with van der Waals surface area (Å²) in [6, 6.07) is 3.34. The van der Waals surface area contributed by atoms with Gasteiger partial charge < -0.3 is 19.4 Å². The van der Waals surface area contributed by atoms with Crippen molar-refractivity contribution in [1.82, 2.24) is 24.4 Å². The van der Waals surface area contributed by atoms with Crippen LogP contribution in [0.2, 0.25) is 0 Å². The van der Waals surface area contributed by atoms with E-state index < -0.39 is 0 Å². The Morgan fingerprint density at radius 1 is 1.07 bits per heavy atom. The van der Waals surface area contributed by atoms with E-state index in [0.29, 0.717) is 45.1 Å². The van der Waals surface area contributed by atoms with E-state index in [1.54, 1.807) is 18.0 Å². The molecule has 0 unspecified atom stereocenters. The van der Waals surface area contributed by atoms with E-state index in [0.717, 1.165) is 24.9 Å². The first-order valence-corrected chi connectivity index (χ1v) is 9.82. The summed E-state index contributed by atoms with van der Waals surface area (Å²) in [5.74, 6) is 1.51. The maximum absolute atomic E-state index is 12.6. The molecule has 2 aliphatic rings. The molecule has 4 heterocycles. The van der Waals surface area contributed by atoms with Crippen LogP contribution in [-0.4, -0.2) is 82.8 Å². The molecule has 4 rings (SSSR count). The third-order valence-corrected chi connectivity index (χ3v) is 5.20. The van der Waals surface area contributed by atoms with Crippen molar-refractivity contribution in [3.05, 3.63) is 40.7 Å². The lowest BCUT2D eigenvalue weighted by Gasteiger charge is -2.36. The number of nitrogens with zero attached hydrogens (tertiary/aromatic N) is 7. The third-order valence-electron chi connectivity index (χ3n) is 5.20. The van der Waals surface area contributed by atoms with E-state index in [-0.39, 0.29) is 18.0 Å². The number of aryl methyl sites for hydroxylation is 1. The highest BCUT2D eigenvalue weighted by atomic mass is 16.5. The summed E-state index contributed by atoms with van der Waals surface area (Å²) in [6.45, 7) is 7.28. The molecule has 0 saturated carbocycles. The summed E-state index contributed by atoms with van der Waals surface area (Å²) >= 11 is 0. The molecular weight excluding hydrogens is 374 g/mol. The maximum atomic E-state index is 12.6. The molecular formula is C19H25N7O3. The highest BCUT2D eigenvalue weighted by Crippen LogP contribution is 2.17. The zero-order valence-electron chi connectivity index (χ0n) is 16.5. The smallest absolute Gasteiger partial charge is 0.253 e. The first-order valence-electron chi connectivity index (χ1n) is 9.82. The van der Waals surface area contributed by atoms with E-state index in [1.807, 2.05) is 6.07 Å². The second kappa shape index (κ2) is 8.56. The van der Waals surface area contributed by atoms with E-state index in [4.69, 9.17) is 9.72 Å². The molecule has 2 saturated heterocycles. The normalized spacial score (nSPS) is 17.5. The number of hydrogen-bond donors (Lipinski definition) is 0. The van der Waals surface area contributed by atoms with E-state index in [2.05, 4.69) is 19.8 Å². The fourth-order valence-corrected chi connectivity index (χ4v) is 3.50. The second-order valence-electron chi connectivity index (χ2n) is 7.18. The van der Waals surface area contributed by atoms with Crippen molar-refractivity contribution >= 4 is 17.7 Å². The zero-order valence-corrected chi connectivity index (χ0v) is 16.5. The van der Waals surface area contributed by atoms with E-state index >= 15 is 0 Å². The minimum atomic E-state index is -0.207. The van der Waals surface area contributed by atoms with Crippen LogP contribution in [0.25, 0.3) is 0 Å². The molecule has 0 aromatic carbocycles. The lowest BCUT2D eigenvalue weighted by molar-refractivity contribution is -0.132. The molecule has 10 nitrogen and oxygen atoms in total. The predicted octanol–water partition coefficient (Wildman–Crippen LogP) is -0.473. The summed E-state index contributed by atoms with van der Waals surface area (Å²) in [5, 5.41) is 0. The number of hydrogen-bond acceptors (Lipinski definition) is 8. The van der Waals surface area contributed by atoms with Gasteiger partial charge in [-0.05, 0) is 13.0 Å². The number of aromatic nitrogens is 4. The Labute approximate surface area is 168 Å². The summed E-state index contributed by atoms with van der Waals surface area (Å²) in [5.41, 5.74) is 0.440. The Morgan fingerprint density at radius 2 is 1.83 bits per heavy atom. The quantitative estimate of drug-likeness (QED) is 0.681. The van der Waals surface area contributed by atoms with Crippen LogP contribution >= 0.6 is 0 Å². The van der Waals surface area contributed by atoms with E-state index in [9.17, 15) is 9.59 Å². The zero-order chi connectivity index (χ0) is 20.2. The van der Waals surface area contributed by atoms with Gasteiger partial charge in [-0.3, -0.25) is 14.2 Å². The highest BCUT2D eigenvalue weighted by Gasteiger charge is 2.23. The average molecular weight is 399 g/mol. The molecule has 2 aliphatic heterocycles. The number of piperazine rings is 1. The third kappa shape index (κ3) is 4.53. The van der Waals surface area contributed by atoms with Crippen LogP contribution in [0.5, 0.6) is 0 Å². The van der Waals surface area contributed by atoms with Gasteiger partial charge in [-0.15, -0.1) is 0 Å². The van der Waals surface area contributed by atoms with Gasteiger partial charge in [0.15, 0.2) is 0 Å². The number of morpholine rings is 1. The number of carbonyl (C=O) groups excluding carboxylic acids is 1. The molecule has 0 N–H and O–H groups in total.